The van der Waals surface area contributed by atoms with Gasteiger partial charge >= 0.3 is 0 Å². The monoisotopic (exact) mass is 223 g/mol. The predicted molar refractivity (Wildman–Crippen MR) is 59.1 cm³/mol. The summed E-state index contributed by atoms with van der Waals surface area (Å²) in [5, 5.41) is 16.3. The number of amides is 1. The van der Waals surface area contributed by atoms with Crippen molar-refractivity contribution in [1.82, 2.24) is 15.1 Å². The molecule has 1 aromatic rings. The Labute approximate surface area is 94.5 Å². The van der Waals surface area contributed by atoms with E-state index in [9.17, 15) is 9.90 Å². The van der Waals surface area contributed by atoms with Gasteiger partial charge in [-0.2, -0.15) is 5.10 Å². The Morgan fingerprint density at radius 3 is 2.75 bits per heavy atom. The summed E-state index contributed by atoms with van der Waals surface area (Å²) in [6, 6.07) is 1.75. The Hall–Kier alpha value is -1.36. The number of aryl methyl sites for hydroxylation is 2. The third kappa shape index (κ3) is 1.82. The third-order valence-corrected chi connectivity index (χ3v) is 3.23. The Kier molecular flexibility index (Phi) is 2.71. The number of aliphatic hydroxyl groups excluding tert-OH is 1. The van der Waals surface area contributed by atoms with Crippen molar-refractivity contribution in [1.29, 1.82) is 0 Å². The maximum absolute atomic E-state index is 12.0. The number of nitrogens with one attached hydrogen (secondary N) is 1. The molecule has 1 fully saturated rings. The molecule has 1 saturated carbocycles. The minimum absolute atomic E-state index is 0.00950. The molecule has 2 rings (SSSR count). The molecular weight excluding hydrogens is 206 g/mol. The molecule has 1 aromatic heterocycles. The molecule has 1 aliphatic rings. The first kappa shape index (κ1) is 11.1. The molecule has 0 aliphatic heterocycles. The van der Waals surface area contributed by atoms with Gasteiger partial charge in [0.15, 0.2) is 0 Å². The number of aliphatic hydroxyl groups is 1. The van der Waals surface area contributed by atoms with E-state index in [2.05, 4.69) is 10.4 Å². The molecule has 5 nitrogen and oxygen atoms in total. The number of hydrogen-bond acceptors (Lipinski definition) is 3. The highest BCUT2D eigenvalue weighted by Gasteiger charge is 2.38. The van der Waals surface area contributed by atoms with Crippen molar-refractivity contribution in [2.75, 3.05) is 6.61 Å². The lowest BCUT2D eigenvalue weighted by atomic mass is 9.77. The molecule has 1 aliphatic carbocycles. The summed E-state index contributed by atoms with van der Waals surface area (Å²) in [5.41, 5.74) is 0.964. The molecule has 1 amide bonds. The molecule has 0 radical (unpaired) electrons. The van der Waals surface area contributed by atoms with Gasteiger partial charge in [0.1, 0.15) is 5.69 Å². The molecule has 0 aromatic carbocycles. The zero-order valence-corrected chi connectivity index (χ0v) is 9.66. The number of hydrogen-bond donors (Lipinski definition) is 2. The SMILES string of the molecule is Cc1cc(C(=O)NC2(CO)CCC2)n(C)n1. The largest absolute Gasteiger partial charge is 0.394 e. The standard InChI is InChI=1S/C11H17N3O2/c1-8-6-9(14(2)13-8)10(16)12-11(7-15)4-3-5-11/h6,15H,3-5,7H2,1-2H3,(H,12,16). The molecule has 0 atom stereocenters. The van der Waals surface area contributed by atoms with E-state index in [4.69, 9.17) is 0 Å². The molecule has 0 spiro atoms. The fraction of sp³-hybridized carbons (Fsp3) is 0.636. The van der Waals surface area contributed by atoms with Crippen LogP contribution in [0.15, 0.2) is 6.07 Å². The first-order chi connectivity index (χ1) is 7.56. The Morgan fingerprint density at radius 1 is 1.69 bits per heavy atom. The van der Waals surface area contributed by atoms with E-state index >= 15 is 0 Å². The molecular formula is C11H17N3O2. The molecule has 0 bridgehead atoms. The minimum atomic E-state index is -0.394. The van der Waals surface area contributed by atoms with E-state index in [1.54, 1.807) is 17.8 Å². The molecule has 0 saturated heterocycles. The summed E-state index contributed by atoms with van der Waals surface area (Å²) >= 11 is 0. The van der Waals surface area contributed by atoms with E-state index < -0.39 is 5.54 Å². The van der Waals surface area contributed by atoms with Crippen molar-refractivity contribution in [3.8, 4) is 0 Å². The second-order valence-corrected chi connectivity index (χ2v) is 4.54. The average Bonchev–Trinajstić information content (AvgIpc) is 2.51. The van der Waals surface area contributed by atoms with Crippen molar-refractivity contribution >= 4 is 5.91 Å². The van der Waals surface area contributed by atoms with E-state index in [1.807, 2.05) is 6.92 Å². The Bertz CT molecular complexity index is 402. The highest BCUT2D eigenvalue weighted by molar-refractivity contribution is 5.93. The van der Waals surface area contributed by atoms with Crippen LogP contribution in [0.3, 0.4) is 0 Å². The lowest BCUT2D eigenvalue weighted by molar-refractivity contribution is 0.0634. The van der Waals surface area contributed by atoms with Gasteiger partial charge in [-0.05, 0) is 32.3 Å². The Balaban J connectivity index is 2.11. The smallest absolute Gasteiger partial charge is 0.270 e. The number of carbonyl (C=O) groups is 1. The van der Waals surface area contributed by atoms with Crippen LogP contribution < -0.4 is 5.32 Å². The predicted octanol–water partition coefficient (Wildman–Crippen LogP) is 0.373. The minimum Gasteiger partial charge on any atom is -0.394 e. The summed E-state index contributed by atoms with van der Waals surface area (Å²) < 4.78 is 1.56. The van der Waals surface area contributed by atoms with Crippen LogP contribution in [-0.2, 0) is 7.05 Å². The van der Waals surface area contributed by atoms with Crippen LogP contribution in [0.4, 0.5) is 0 Å². The molecule has 16 heavy (non-hydrogen) atoms. The van der Waals surface area contributed by atoms with Crippen LogP contribution in [0.5, 0.6) is 0 Å². The zero-order chi connectivity index (χ0) is 11.8. The first-order valence-electron chi connectivity index (χ1n) is 5.50. The second kappa shape index (κ2) is 3.90. The fourth-order valence-corrected chi connectivity index (χ4v) is 2.05. The maximum atomic E-state index is 12.0. The van der Waals surface area contributed by atoms with E-state index in [0.717, 1.165) is 25.0 Å². The molecule has 88 valence electrons. The van der Waals surface area contributed by atoms with Gasteiger partial charge < -0.3 is 10.4 Å². The highest BCUT2D eigenvalue weighted by atomic mass is 16.3. The van der Waals surface area contributed by atoms with Crippen LogP contribution >= 0.6 is 0 Å². The van der Waals surface area contributed by atoms with Crippen LogP contribution in [0.2, 0.25) is 0 Å². The lowest BCUT2D eigenvalue weighted by Crippen LogP contribution is -2.56. The van der Waals surface area contributed by atoms with E-state index in [-0.39, 0.29) is 12.5 Å². The van der Waals surface area contributed by atoms with Crippen molar-refractivity contribution in [2.45, 2.75) is 31.7 Å². The summed E-state index contributed by atoms with van der Waals surface area (Å²) in [6.45, 7) is 1.86. The topological polar surface area (TPSA) is 67.2 Å². The van der Waals surface area contributed by atoms with Gasteiger partial charge in [-0.3, -0.25) is 9.48 Å². The van der Waals surface area contributed by atoms with Gasteiger partial charge in [-0.1, -0.05) is 0 Å². The first-order valence-corrected chi connectivity index (χ1v) is 5.50. The van der Waals surface area contributed by atoms with Gasteiger partial charge in [-0.15, -0.1) is 0 Å². The lowest BCUT2D eigenvalue weighted by Gasteiger charge is -2.40. The zero-order valence-electron chi connectivity index (χ0n) is 9.66. The highest BCUT2D eigenvalue weighted by Crippen LogP contribution is 2.31. The summed E-state index contributed by atoms with van der Waals surface area (Å²) in [6.07, 6.45) is 2.77. The molecule has 0 unspecified atom stereocenters. The van der Waals surface area contributed by atoms with Crippen LogP contribution in [-0.4, -0.2) is 32.9 Å². The van der Waals surface area contributed by atoms with Crippen molar-refractivity contribution in [3.05, 3.63) is 17.5 Å². The van der Waals surface area contributed by atoms with Crippen molar-refractivity contribution in [3.63, 3.8) is 0 Å². The van der Waals surface area contributed by atoms with Gasteiger partial charge in [0.2, 0.25) is 0 Å². The summed E-state index contributed by atoms with van der Waals surface area (Å²) in [7, 11) is 1.74. The average molecular weight is 223 g/mol. The van der Waals surface area contributed by atoms with Crippen LogP contribution in [0.25, 0.3) is 0 Å². The van der Waals surface area contributed by atoms with Crippen molar-refractivity contribution < 1.29 is 9.90 Å². The third-order valence-electron chi connectivity index (χ3n) is 3.23. The van der Waals surface area contributed by atoms with Crippen molar-refractivity contribution in [2.24, 2.45) is 7.05 Å². The number of nitrogens with zero attached hydrogens (tertiary/aromatic N) is 2. The second-order valence-electron chi connectivity index (χ2n) is 4.54. The normalized spacial score (nSPS) is 17.9. The maximum Gasteiger partial charge on any atom is 0.270 e. The fourth-order valence-electron chi connectivity index (χ4n) is 2.05. The number of aromatic nitrogens is 2. The quantitative estimate of drug-likeness (QED) is 0.778. The van der Waals surface area contributed by atoms with Gasteiger partial charge in [-0.25, -0.2) is 0 Å². The van der Waals surface area contributed by atoms with Gasteiger partial charge in [0.05, 0.1) is 17.8 Å². The van der Waals surface area contributed by atoms with Gasteiger partial charge in [0, 0.05) is 7.05 Å². The number of carbonyl (C=O) groups excluding carboxylic acids is 1. The van der Waals surface area contributed by atoms with E-state index in [1.165, 1.54) is 0 Å². The van der Waals surface area contributed by atoms with Crippen LogP contribution in [0.1, 0.15) is 35.4 Å². The van der Waals surface area contributed by atoms with Gasteiger partial charge in [0.25, 0.3) is 5.91 Å². The molecule has 2 N–H and O–H groups in total. The van der Waals surface area contributed by atoms with Crippen LogP contribution in [0, 0.1) is 6.92 Å². The molecule has 5 heteroatoms. The number of rotatable bonds is 3. The van der Waals surface area contributed by atoms with E-state index in [0.29, 0.717) is 5.69 Å². The Morgan fingerprint density at radius 2 is 2.38 bits per heavy atom. The summed E-state index contributed by atoms with van der Waals surface area (Å²) in [4.78, 5) is 12.0. The molecule has 1 heterocycles. The summed E-state index contributed by atoms with van der Waals surface area (Å²) in [5.74, 6) is -0.156.